The van der Waals surface area contributed by atoms with Crippen molar-refractivity contribution in [1.29, 1.82) is 0 Å². The molecule has 0 amide bonds. The molecule has 0 saturated heterocycles. The van der Waals surface area contributed by atoms with Gasteiger partial charge in [-0.15, -0.1) is 11.3 Å². The number of sulfone groups is 1. The van der Waals surface area contributed by atoms with Gasteiger partial charge in [0.2, 0.25) is 10.0 Å². The van der Waals surface area contributed by atoms with E-state index < -0.39 is 19.9 Å². The fraction of sp³-hybridized carbons (Fsp3) is 0.600. The smallest absolute Gasteiger partial charge is 0.247 e. The highest BCUT2D eigenvalue weighted by atomic mass is 32.3. The highest BCUT2D eigenvalue weighted by Gasteiger charge is 2.33. The number of sulfonamides is 1. The average Bonchev–Trinajstić information content (AvgIpc) is 2.65. The normalized spacial score (nSPS) is 23.8. The highest BCUT2D eigenvalue weighted by Crippen LogP contribution is 2.34. The van der Waals surface area contributed by atoms with Gasteiger partial charge in [-0.25, -0.2) is 22.0 Å². The lowest BCUT2D eigenvalue weighted by molar-refractivity contribution is 0.228. The van der Waals surface area contributed by atoms with Crippen LogP contribution in [0.15, 0.2) is 14.5 Å². The summed E-state index contributed by atoms with van der Waals surface area (Å²) in [4.78, 5) is 2.00. The van der Waals surface area contributed by atoms with Gasteiger partial charge >= 0.3 is 0 Å². The predicted molar refractivity (Wildman–Crippen MR) is 73.3 cm³/mol. The van der Waals surface area contributed by atoms with E-state index in [-0.39, 0.29) is 20.2 Å². The Bertz CT molecular complexity index is 690. The zero-order valence-electron chi connectivity index (χ0n) is 10.7. The van der Waals surface area contributed by atoms with Crippen LogP contribution in [0, 0.1) is 0 Å². The Balaban J connectivity index is 2.60. The Hall–Kier alpha value is -0.480. The Morgan fingerprint density at radius 1 is 1.53 bits per heavy atom. The van der Waals surface area contributed by atoms with Crippen molar-refractivity contribution in [1.82, 2.24) is 4.90 Å². The third-order valence-electron chi connectivity index (χ3n) is 3.17. The summed E-state index contributed by atoms with van der Waals surface area (Å²) in [5.74, 6) is -0.00158. The van der Waals surface area contributed by atoms with Crippen LogP contribution in [0.25, 0.3) is 0 Å². The molecule has 2 rings (SSSR count). The largest absolute Gasteiger partial charge is 0.296 e. The first-order valence-electron chi connectivity index (χ1n) is 5.77. The number of nitrogens with two attached hydrogens (primary N) is 1. The first kappa shape index (κ1) is 14.9. The lowest BCUT2D eigenvalue weighted by Gasteiger charge is -2.24. The maximum absolute atomic E-state index is 12.3. The standard InChI is InChI=1S/C10H16N2O4S3/c1-3-12-5-8-4-9(19(11,15)16)17-10(8)18(13,14)6-7(12)2/h4,7H,3,5-6H2,1-2H3,(H2,11,15,16)/t7-/m1/s1. The lowest BCUT2D eigenvalue weighted by atomic mass is 10.2. The van der Waals surface area contributed by atoms with Crippen LogP contribution >= 0.6 is 11.3 Å². The van der Waals surface area contributed by atoms with Crippen molar-refractivity contribution in [2.24, 2.45) is 5.14 Å². The Morgan fingerprint density at radius 2 is 2.16 bits per heavy atom. The van der Waals surface area contributed by atoms with E-state index in [0.29, 0.717) is 18.7 Å². The molecule has 1 aromatic rings. The van der Waals surface area contributed by atoms with Gasteiger partial charge in [-0.3, -0.25) is 4.90 Å². The predicted octanol–water partition coefficient (Wildman–Crippen LogP) is 0.393. The van der Waals surface area contributed by atoms with Crippen molar-refractivity contribution in [3.8, 4) is 0 Å². The summed E-state index contributed by atoms with van der Waals surface area (Å²) >= 11 is 0.750. The number of nitrogens with zero attached hydrogens (tertiary/aromatic N) is 1. The maximum Gasteiger partial charge on any atom is 0.247 e. The molecule has 2 N–H and O–H groups in total. The van der Waals surface area contributed by atoms with Crippen molar-refractivity contribution in [2.45, 2.75) is 34.9 Å². The third kappa shape index (κ3) is 2.84. The van der Waals surface area contributed by atoms with Gasteiger partial charge in [-0.1, -0.05) is 6.92 Å². The molecule has 19 heavy (non-hydrogen) atoms. The summed E-state index contributed by atoms with van der Waals surface area (Å²) in [7, 11) is -7.31. The number of thiophene rings is 1. The Kier molecular flexibility index (Phi) is 3.78. The van der Waals surface area contributed by atoms with E-state index in [0.717, 1.165) is 11.3 Å². The molecule has 108 valence electrons. The second kappa shape index (κ2) is 4.81. The molecule has 2 heterocycles. The SMILES string of the molecule is CCN1Cc2cc(S(N)(=O)=O)sc2S(=O)(=O)C[C@H]1C. The van der Waals surface area contributed by atoms with E-state index in [2.05, 4.69) is 0 Å². The molecule has 6 nitrogen and oxygen atoms in total. The first-order valence-corrected chi connectivity index (χ1v) is 9.79. The van der Waals surface area contributed by atoms with Gasteiger partial charge in [0.1, 0.15) is 8.42 Å². The van der Waals surface area contributed by atoms with Crippen LogP contribution in [-0.4, -0.2) is 40.1 Å². The number of hydrogen-bond acceptors (Lipinski definition) is 6. The molecule has 0 aliphatic carbocycles. The van der Waals surface area contributed by atoms with E-state index in [4.69, 9.17) is 5.14 Å². The summed E-state index contributed by atoms with van der Waals surface area (Å²) < 4.78 is 47.2. The van der Waals surface area contributed by atoms with Crippen LogP contribution < -0.4 is 5.14 Å². The van der Waals surface area contributed by atoms with E-state index in [1.165, 1.54) is 6.07 Å². The summed E-state index contributed by atoms with van der Waals surface area (Å²) in [5, 5.41) is 5.07. The second-order valence-electron chi connectivity index (χ2n) is 4.62. The van der Waals surface area contributed by atoms with Gasteiger partial charge in [0.25, 0.3) is 0 Å². The minimum atomic E-state index is -3.86. The molecule has 0 unspecified atom stereocenters. The Morgan fingerprint density at radius 3 is 2.68 bits per heavy atom. The molecule has 0 spiro atoms. The van der Waals surface area contributed by atoms with Crippen molar-refractivity contribution >= 4 is 31.2 Å². The van der Waals surface area contributed by atoms with Crippen molar-refractivity contribution in [2.75, 3.05) is 12.3 Å². The van der Waals surface area contributed by atoms with E-state index >= 15 is 0 Å². The summed E-state index contributed by atoms with van der Waals surface area (Å²) in [5.41, 5.74) is 0.528. The topological polar surface area (TPSA) is 97.5 Å². The molecule has 1 aliphatic rings. The monoisotopic (exact) mass is 324 g/mol. The number of fused-ring (bicyclic) bond motifs is 1. The average molecular weight is 324 g/mol. The van der Waals surface area contributed by atoms with Crippen molar-refractivity contribution < 1.29 is 16.8 Å². The third-order valence-corrected chi connectivity index (χ3v) is 8.33. The van der Waals surface area contributed by atoms with Gasteiger partial charge in [-0.05, 0) is 25.1 Å². The summed E-state index contributed by atoms with van der Waals surface area (Å²) in [6.45, 7) is 4.94. The minimum Gasteiger partial charge on any atom is -0.296 e. The van der Waals surface area contributed by atoms with Crippen LogP contribution in [0.5, 0.6) is 0 Å². The maximum atomic E-state index is 12.3. The van der Waals surface area contributed by atoms with E-state index in [9.17, 15) is 16.8 Å². The second-order valence-corrected chi connectivity index (χ2v) is 9.69. The van der Waals surface area contributed by atoms with Crippen LogP contribution in [0.4, 0.5) is 0 Å². The van der Waals surface area contributed by atoms with Gasteiger partial charge in [0.15, 0.2) is 9.84 Å². The number of primary sulfonamides is 1. The molecular formula is C10H16N2O4S3. The summed E-state index contributed by atoms with van der Waals surface area (Å²) in [6.07, 6.45) is 0. The number of hydrogen-bond donors (Lipinski definition) is 1. The van der Waals surface area contributed by atoms with Gasteiger partial charge < -0.3 is 0 Å². The summed E-state index contributed by atoms with van der Waals surface area (Å²) in [6, 6.07) is 1.29. The van der Waals surface area contributed by atoms with Crippen molar-refractivity contribution in [3.63, 3.8) is 0 Å². The zero-order valence-corrected chi connectivity index (χ0v) is 13.1. The highest BCUT2D eigenvalue weighted by molar-refractivity contribution is 7.95. The molecule has 0 bridgehead atoms. The van der Waals surface area contributed by atoms with Crippen molar-refractivity contribution in [3.05, 3.63) is 11.6 Å². The molecule has 1 aliphatic heterocycles. The molecule has 9 heteroatoms. The molecule has 0 fully saturated rings. The quantitative estimate of drug-likeness (QED) is 0.849. The van der Waals surface area contributed by atoms with Crippen LogP contribution in [-0.2, 0) is 26.4 Å². The van der Waals surface area contributed by atoms with E-state index in [1.54, 1.807) is 0 Å². The van der Waals surface area contributed by atoms with Gasteiger partial charge in [0.05, 0.1) is 5.75 Å². The molecule has 0 aromatic carbocycles. The van der Waals surface area contributed by atoms with Crippen LogP contribution in [0.2, 0.25) is 0 Å². The van der Waals surface area contributed by atoms with Gasteiger partial charge in [0, 0.05) is 12.6 Å². The minimum absolute atomic E-state index is 0.00158. The molecule has 0 radical (unpaired) electrons. The van der Waals surface area contributed by atoms with E-state index in [1.807, 2.05) is 18.7 Å². The molecular weight excluding hydrogens is 308 g/mol. The van der Waals surface area contributed by atoms with Gasteiger partial charge in [-0.2, -0.15) is 0 Å². The Labute approximate surface area is 117 Å². The zero-order chi connectivity index (χ0) is 14.4. The fourth-order valence-corrected chi connectivity index (χ4v) is 6.52. The molecule has 1 atom stereocenters. The lowest BCUT2D eigenvalue weighted by Crippen LogP contribution is -2.35. The van der Waals surface area contributed by atoms with Crippen LogP contribution in [0.3, 0.4) is 0 Å². The number of rotatable bonds is 2. The molecule has 0 saturated carbocycles. The first-order chi connectivity index (χ1) is 8.65. The van der Waals surface area contributed by atoms with Crippen LogP contribution in [0.1, 0.15) is 19.4 Å². The fourth-order valence-electron chi connectivity index (χ4n) is 2.20. The molecule has 1 aromatic heterocycles.